The molecule has 0 atom stereocenters. The van der Waals surface area contributed by atoms with Gasteiger partial charge in [0.05, 0.1) is 0 Å². The summed E-state index contributed by atoms with van der Waals surface area (Å²) in [6, 6.07) is 3.66. The van der Waals surface area contributed by atoms with E-state index in [-0.39, 0.29) is 0 Å². The van der Waals surface area contributed by atoms with Gasteiger partial charge < -0.3 is 5.11 Å². The molecule has 0 saturated carbocycles. The van der Waals surface area contributed by atoms with Crippen molar-refractivity contribution in [3.63, 3.8) is 0 Å². The van der Waals surface area contributed by atoms with E-state index in [4.69, 9.17) is 0 Å². The number of fused-ring (bicyclic) bond motifs is 1. The van der Waals surface area contributed by atoms with E-state index >= 15 is 0 Å². The topological polar surface area (TPSA) is 20.2 Å². The summed E-state index contributed by atoms with van der Waals surface area (Å²) in [6.45, 7) is 0. The highest BCUT2D eigenvalue weighted by atomic mass is 79.9. The van der Waals surface area contributed by atoms with E-state index in [1.807, 2.05) is 11.4 Å². The first-order valence-electron chi connectivity index (χ1n) is 3.67. The number of halogens is 2. The van der Waals surface area contributed by atoms with Gasteiger partial charge in [-0.05, 0) is 28.1 Å². The highest BCUT2D eigenvalue weighted by molar-refractivity contribution is 9.10. The standard InChI is InChI=1S/C9H6Br2OS/c10-3-6-8(12)2-1-5-7(11)4-13-9(5)6/h1-2,4,12H,3H2. The van der Waals surface area contributed by atoms with Crippen LogP contribution in [0.4, 0.5) is 0 Å². The Bertz CT molecular complexity index is 450. The number of benzene rings is 1. The quantitative estimate of drug-likeness (QED) is 0.778. The van der Waals surface area contributed by atoms with Crippen molar-refractivity contribution >= 4 is 53.3 Å². The first-order chi connectivity index (χ1) is 6.24. The monoisotopic (exact) mass is 320 g/mol. The Morgan fingerprint density at radius 1 is 1.38 bits per heavy atom. The molecule has 2 aromatic rings. The summed E-state index contributed by atoms with van der Waals surface area (Å²) < 4.78 is 2.23. The number of aromatic hydroxyl groups is 1. The molecule has 1 aromatic carbocycles. The summed E-state index contributed by atoms with van der Waals surface area (Å²) >= 11 is 8.48. The normalized spacial score (nSPS) is 10.9. The van der Waals surface area contributed by atoms with Crippen LogP contribution >= 0.6 is 43.2 Å². The third kappa shape index (κ3) is 1.51. The minimum atomic E-state index is 0.360. The lowest BCUT2D eigenvalue weighted by Gasteiger charge is -2.01. The van der Waals surface area contributed by atoms with Gasteiger partial charge in [0, 0.05) is 30.8 Å². The van der Waals surface area contributed by atoms with Gasteiger partial charge in [-0.25, -0.2) is 0 Å². The van der Waals surface area contributed by atoms with Crippen molar-refractivity contribution in [1.82, 2.24) is 0 Å². The van der Waals surface area contributed by atoms with Crippen LogP contribution in [0.3, 0.4) is 0 Å². The lowest BCUT2D eigenvalue weighted by Crippen LogP contribution is -1.78. The number of hydrogen-bond donors (Lipinski definition) is 1. The molecular weight excluding hydrogens is 316 g/mol. The SMILES string of the molecule is Oc1ccc2c(Br)csc2c1CBr. The van der Waals surface area contributed by atoms with Crippen molar-refractivity contribution in [2.24, 2.45) is 0 Å². The summed E-state index contributed by atoms with van der Waals surface area (Å²) in [5, 5.41) is 13.5. The molecule has 1 aromatic heterocycles. The van der Waals surface area contributed by atoms with Crippen LogP contribution in [0.15, 0.2) is 22.0 Å². The summed E-state index contributed by atoms with van der Waals surface area (Å²) in [6.07, 6.45) is 0. The Hall–Kier alpha value is -0.0600. The van der Waals surface area contributed by atoms with Crippen LogP contribution in [-0.2, 0) is 5.33 Å². The molecule has 1 N–H and O–H groups in total. The molecule has 2 rings (SSSR count). The summed E-state index contributed by atoms with van der Waals surface area (Å²) in [5.74, 6) is 0.360. The molecule has 0 aliphatic carbocycles. The second kappa shape index (κ2) is 3.59. The molecule has 0 fully saturated rings. The maximum atomic E-state index is 9.58. The molecule has 0 saturated heterocycles. The van der Waals surface area contributed by atoms with E-state index in [1.165, 1.54) is 0 Å². The fourth-order valence-electron chi connectivity index (χ4n) is 1.24. The average molecular weight is 322 g/mol. The van der Waals surface area contributed by atoms with Crippen LogP contribution in [-0.4, -0.2) is 5.11 Å². The number of thiophene rings is 1. The highest BCUT2D eigenvalue weighted by Crippen LogP contribution is 2.37. The Balaban J connectivity index is 2.85. The summed E-state index contributed by atoms with van der Waals surface area (Å²) in [4.78, 5) is 0. The van der Waals surface area contributed by atoms with Crippen molar-refractivity contribution in [1.29, 1.82) is 0 Å². The zero-order valence-corrected chi connectivity index (χ0v) is 10.5. The molecule has 1 nitrogen and oxygen atoms in total. The number of phenolic OH excluding ortho intramolecular Hbond substituents is 1. The lowest BCUT2D eigenvalue weighted by atomic mass is 10.2. The molecule has 4 heteroatoms. The zero-order valence-electron chi connectivity index (χ0n) is 6.55. The minimum absolute atomic E-state index is 0.360. The molecule has 1 heterocycles. The molecule has 0 spiro atoms. The number of hydrogen-bond acceptors (Lipinski definition) is 2. The predicted octanol–water partition coefficient (Wildman–Crippen LogP) is 4.26. The number of alkyl halides is 1. The molecular formula is C9H6Br2OS. The van der Waals surface area contributed by atoms with Gasteiger partial charge in [0.2, 0.25) is 0 Å². The van der Waals surface area contributed by atoms with Gasteiger partial charge >= 0.3 is 0 Å². The van der Waals surface area contributed by atoms with E-state index in [0.29, 0.717) is 11.1 Å². The average Bonchev–Trinajstić information content (AvgIpc) is 2.48. The fraction of sp³-hybridized carbons (Fsp3) is 0.111. The van der Waals surface area contributed by atoms with Crippen molar-refractivity contribution in [2.45, 2.75) is 5.33 Å². The van der Waals surface area contributed by atoms with Gasteiger partial charge in [0.15, 0.2) is 0 Å². The van der Waals surface area contributed by atoms with Gasteiger partial charge in [0.25, 0.3) is 0 Å². The van der Waals surface area contributed by atoms with E-state index < -0.39 is 0 Å². The highest BCUT2D eigenvalue weighted by Gasteiger charge is 2.09. The van der Waals surface area contributed by atoms with Gasteiger partial charge in [-0.2, -0.15) is 0 Å². The Kier molecular flexibility index (Phi) is 2.62. The third-order valence-corrected chi connectivity index (χ3v) is 4.48. The second-order valence-corrected chi connectivity index (χ2v) is 4.95. The van der Waals surface area contributed by atoms with Crippen LogP contribution in [0.1, 0.15) is 5.56 Å². The van der Waals surface area contributed by atoms with Gasteiger partial charge in [-0.1, -0.05) is 15.9 Å². The Morgan fingerprint density at radius 2 is 2.15 bits per heavy atom. The smallest absolute Gasteiger partial charge is 0.121 e. The fourth-order valence-corrected chi connectivity index (χ4v) is 3.71. The Morgan fingerprint density at radius 3 is 2.85 bits per heavy atom. The third-order valence-electron chi connectivity index (χ3n) is 1.91. The first-order valence-corrected chi connectivity index (χ1v) is 6.47. The maximum Gasteiger partial charge on any atom is 0.121 e. The Labute approximate surface area is 96.6 Å². The van der Waals surface area contributed by atoms with E-state index in [0.717, 1.165) is 20.1 Å². The molecule has 13 heavy (non-hydrogen) atoms. The molecule has 0 radical (unpaired) electrons. The van der Waals surface area contributed by atoms with Crippen LogP contribution in [0.2, 0.25) is 0 Å². The molecule has 0 bridgehead atoms. The number of phenols is 1. The lowest BCUT2D eigenvalue weighted by molar-refractivity contribution is 0.472. The van der Waals surface area contributed by atoms with Gasteiger partial charge in [0.1, 0.15) is 5.75 Å². The van der Waals surface area contributed by atoms with E-state index in [1.54, 1.807) is 17.4 Å². The van der Waals surface area contributed by atoms with Crippen LogP contribution in [0.25, 0.3) is 10.1 Å². The van der Waals surface area contributed by atoms with E-state index in [2.05, 4.69) is 31.9 Å². The molecule has 0 aliphatic rings. The largest absolute Gasteiger partial charge is 0.508 e. The second-order valence-electron chi connectivity index (χ2n) is 2.66. The molecule has 0 aliphatic heterocycles. The predicted molar refractivity (Wildman–Crippen MR) is 63.8 cm³/mol. The molecule has 0 amide bonds. The van der Waals surface area contributed by atoms with Crippen molar-refractivity contribution < 1.29 is 5.11 Å². The zero-order chi connectivity index (χ0) is 9.42. The van der Waals surface area contributed by atoms with Gasteiger partial charge in [-0.15, -0.1) is 11.3 Å². The van der Waals surface area contributed by atoms with Crippen molar-refractivity contribution in [3.05, 3.63) is 27.5 Å². The molecule has 68 valence electrons. The van der Waals surface area contributed by atoms with Crippen LogP contribution < -0.4 is 0 Å². The first kappa shape index (κ1) is 9.49. The van der Waals surface area contributed by atoms with Gasteiger partial charge in [-0.3, -0.25) is 0 Å². The summed E-state index contributed by atoms with van der Waals surface area (Å²) in [7, 11) is 0. The minimum Gasteiger partial charge on any atom is -0.508 e. The van der Waals surface area contributed by atoms with E-state index in [9.17, 15) is 5.11 Å². The molecule has 0 unspecified atom stereocenters. The number of rotatable bonds is 1. The summed E-state index contributed by atoms with van der Waals surface area (Å²) in [5.41, 5.74) is 0.966. The maximum absolute atomic E-state index is 9.58. The van der Waals surface area contributed by atoms with Crippen LogP contribution in [0.5, 0.6) is 5.75 Å². The van der Waals surface area contributed by atoms with Crippen molar-refractivity contribution in [3.8, 4) is 5.75 Å². The van der Waals surface area contributed by atoms with Crippen LogP contribution in [0, 0.1) is 0 Å². The van der Waals surface area contributed by atoms with Crippen molar-refractivity contribution in [2.75, 3.05) is 0 Å².